The number of carbonyl (C=O) groups excluding carboxylic acids is 1. The standard InChI is InChI=1S/C20H21NO2/c1-2-15-7-9-16(10-8-15)5-3-4-6-17-11-12-19-18(13-17)21-20(22)14-23-19/h4,6-13H,2-3,5,14H2,1H3,(H,21,22). The Bertz CT molecular complexity index is 717. The highest BCUT2D eigenvalue weighted by Gasteiger charge is 2.15. The smallest absolute Gasteiger partial charge is 0.262 e. The van der Waals surface area contributed by atoms with Crippen molar-refractivity contribution in [2.24, 2.45) is 0 Å². The zero-order chi connectivity index (χ0) is 16.1. The second-order valence-electron chi connectivity index (χ2n) is 5.70. The first-order valence-electron chi connectivity index (χ1n) is 8.05. The highest BCUT2D eigenvalue weighted by Crippen LogP contribution is 2.28. The molecule has 23 heavy (non-hydrogen) atoms. The third kappa shape index (κ3) is 4.01. The lowest BCUT2D eigenvalue weighted by molar-refractivity contribution is -0.118. The Morgan fingerprint density at radius 2 is 1.91 bits per heavy atom. The molecule has 0 saturated heterocycles. The van der Waals surface area contributed by atoms with Gasteiger partial charge in [0.15, 0.2) is 6.61 Å². The molecule has 0 unspecified atom stereocenters. The van der Waals surface area contributed by atoms with Gasteiger partial charge in [0, 0.05) is 0 Å². The van der Waals surface area contributed by atoms with Crippen molar-refractivity contribution in [1.82, 2.24) is 0 Å². The molecule has 0 aromatic heterocycles. The topological polar surface area (TPSA) is 38.3 Å². The molecule has 0 spiro atoms. The molecule has 2 aromatic carbocycles. The number of benzene rings is 2. The Morgan fingerprint density at radius 1 is 1.13 bits per heavy atom. The molecule has 0 atom stereocenters. The maximum atomic E-state index is 11.3. The summed E-state index contributed by atoms with van der Waals surface area (Å²) in [6.45, 7) is 2.27. The molecule has 0 saturated carbocycles. The van der Waals surface area contributed by atoms with Gasteiger partial charge in [-0.2, -0.15) is 0 Å². The zero-order valence-corrected chi connectivity index (χ0v) is 13.3. The molecule has 1 amide bonds. The van der Waals surface area contributed by atoms with Crippen LogP contribution in [0.2, 0.25) is 0 Å². The van der Waals surface area contributed by atoms with Crippen LogP contribution in [0.4, 0.5) is 5.69 Å². The number of hydrogen-bond acceptors (Lipinski definition) is 2. The fraction of sp³-hybridized carbons (Fsp3) is 0.250. The third-order valence-electron chi connectivity index (χ3n) is 3.98. The Hall–Kier alpha value is -2.55. The summed E-state index contributed by atoms with van der Waals surface area (Å²) < 4.78 is 5.36. The molecule has 1 aliphatic rings. The van der Waals surface area contributed by atoms with Gasteiger partial charge in [-0.25, -0.2) is 0 Å². The second-order valence-corrected chi connectivity index (χ2v) is 5.70. The van der Waals surface area contributed by atoms with E-state index >= 15 is 0 Å². The Balaban J connectivity index is 1.57. The van der Waals surface area contributed by atoms with Gasteiger partial charge in [0.25, 0.3) is 5.91 Å². The van der Waals surface area contributed by atoms with Crippen molar-refractivity contribution in [3.8, 4) is 5.75 Å². The van der Waals surface area contributed by atoms with E-state index in [0.717, 1.165) is 36.3 Å². The molecular weight excluding hydrogens is 286 g/mol. The molecule has 0 bridgehead atoms. The minimum absolute atomic E-state index is 0.0962. The first-order valence-corrected chi connectivity index (χ1v) is 8.05. The Morgan fingerprint density at radius 3 is 2.70 bits per heavy atom. The Kier molecular flexibility index (Phi) is 4.77. The van der Waals surface area contributed by atoms with Crippen molar-refractivity contribution in [2.45, 2.75) is 26.2 Å². The average Bonchev–Trinajstić information content (AvgIpc) is 2.59. The van der Waals surface area contributed by atoms with Crippen LogP contribution in [-0.4, -0.2) is 12.5 Å². The maximum Gasteiger partial charge on any atom is 0.262 e. The molecule has 3 nitrogen and oxygen atoms in total. The first kappa shape index (κ1) is 15.3. The van der Waals surface area contributed by atoms with Gasteiger partial charge in [-0.3, -0.25) is 4.79 Å². The first-order chi connectivity index (χ1) is 11.2. The third-order valence-corrected chi connectivity index (χ3v) is 3.98. The van der Waals surface area contributed by atoms with E-state index in [1.54, 1.807) is 0 Å². The number of ether oxygens (including phenoxy) is 1. The monoisotopic (exact) mass is 307 g/mol. The molecule has 3 rings (SSSR count). The number of carbonyl (C=O) groups is 1. The van der Waals surface area contributed by atoms with E-state index in [9.17, 15) is 4.79 Å². The van der Waals surface area contributed by atoms with Gasteiger partial charge in [-0.05, 0) is 48.1 Å². The number of aryl methyl sites for hydroxylation is 2. The number of amides is 1. The van der Waals surface area contributed by atoms with Gasteiger partial charge < -0.3 is 10.1 Å². The quantitative estimate of drug-likeness (QED) is 0.898. The highest BCUT2D eigenvalue weighted by molar-refractivity contribution is 5.95. The predicted molar refractivity (Wildman–Crippen MR) is 93.7 cm³/mol. The number of allylic oxidation sites excluding steroid dienone is 1. The van der Waals surface area contributed by atoms with E-state index in [0.29, 0.717) is 0 Å². The van der Waals surface area contributed by atoms with Gasteiger partial charge in [-0.15, -0.1) is 0 Å². The summed E-state index contributed by atoms with van der Waals surface area (Å²) in [5, 5.41) is 2.83. The van der Waals surface area contributed by atoms with Gasteiger partial charge in [0.05, 0.1) is 5.69 Å². The number of fused-ring (bicyclic) bond motifs is 1. The van der Waals surface area contributed by atoms with Gasteiger partial charge in [-0.1, -0.05) is 49.4 Å². The van der Waals surface area contributed by atoms with Crippen LogP contribution in [0.1, 0.15) is 30.0 Å². The highest BCUT2D eigenvalue weighted by atomic mass is 16.5. The molecule has 118 valence electrons. The summed E-state index contributed by atoms with van der Waals surface area (Å²) in [5.74, 6) is 0.631. The van der Waals surface area contributed by atoms with Crippen LogP contribution in [0.25, 0.3) is 6.08 Å². The van der Waals surface area contributed by atoms with Crippen LogP contribution in [-0.2, 0) is 17.6 Å². The van der Waals surface area contributed by atoms with Crippen LogP contribution in [0, 0.1) is 0 Å². The Labute approximate surface area is 137 Å². The van der Waals surface area contributed by atoms with E-state index < -0.39 is 0 Å². The minimum atomic E-state index is -0.103. The molecule has 2 aromatic rings. The van der Waals surface area contributed by atoms with Crippen LogP contribution in [0.5, 0.6) is 5.75 Å². The fourth-order valence-electron chi connectivity index (χ4n) is 2.62. The van der Waals surface area contributed by atoms with Crippen molar-refractivity contribution in [3.05, 3.63) is 65.2 Å². The summed E-state index contributed by atoms with van der Waals surface area (Å²) in [4.78, 5) is 11.3. The average molecular weight is 307 g/mol. The van der Waals surface area contributed by atoms with Gasteiger partial charge in [0.1, 0.15) is 5.75 Å². The lowest BCUT2D eigenvalue weighted by atomic mass is 10.1. The molecule has 0 radical (unpaired) electrons. The number of rotatable bonds is 5. The largest absolute Gasteiger partial charge is 0.482 e. The fourth-order valence-corrected chi connectivity index (χ4v) is 2.62. The molecule has 0 fully saturated rings. The molecule has 1 N–H and O–H groups in total. The van der Waals surface area contributed by atoms with Crippen LogP contribution in [0.15, 0.2) is 48.5 Å². The maximum absolute atomic E-state index is 11.3. The van der Waals surface area contributed by atoms with Crippen molar-refractivity contribution < 1.29 is 9.53 Å². The lowest BCUT2D eigenvalue weighted by Crippen LogP contribution is -2.25. The normalized spacial score (nSPS) is 13.5. The number of nitrogens with one attached hydrogen (secondary N) is 1. The summed E-state index contributed by atoms with van der Waals surface area (Å²) in [7, 11) is 0. The molecular formula is C20H21NO2. The van der Waals surface area contributed by atoms with Gasteiger partial charge >= 0.3 is 0 Å². The summed E-state index contributed by atoms with van der Waals surface area (Å²) in [6.07, 6.45) is 7.36. The molecule has 1 heterocycles. The zero-order valence-electron chi connectivity index (χ0n) is 13.3. The van der Waals surface area contributed by atoms with Crippen molar-refractivity contribution >= 4 is 17.7 Å². The van der Waals surface area contributed by atoms with Crippen LogP contribution in [0.3, 0.4) is 0 Å². The van der Waals surface area contributed by atoms with Crippen molar-refractivity contribution in [1.29, 1.82) is 0 Å². The van der Waals surface area contributed by atoms with E-state index in [1.165, 1.54) is 11.1 Å². The number of hydrogen-bond donors (Lipinski definition) is 1. The SMILES string of the molecule is CCc1ccc(CCC=Cc2ccc3c(c2)NC(=O)CO3)cc1. The van der Waals surface area contributed by atoms with E-state index in [4.69, 9.17) is 4.74 Å². The van der Waals surface area contributed by atoms with Crippen LogP contribution < -0.4 is 10.1 Å². The molecule has 3 heteroatoms. The number of anilines is 1. The summed E-state index contributed by atoms with van der Waals surface area (Å²) >= 11 is 0. The molecule has 0 aliphatic carbocycles. The predicted octanol–water partition coefficient (Wildman–Crippen LogP) is 4.23. The molecule has 1 aliphatic heterocycles. The van der Waals surface area contributed by atoms with Gasteiger partial charge in [0.2, 0.25) is 0 Å². The summed E-state index contributed by atoms with van der Waals surface area (Å²) in [6, 6.07) is 14.7. The summed E-state index contributed by atoms with van der Waals surface area (Å²) in [5.41, 5.74) is 4.55. The van der Waals surface area contributed by atoms with E-state index in [-0.39, 0.29) is 12.5 Å². The van der Waals surface area contributed by atoms with Crippen LogP contribution >= 0.6 is 0 Å². The van der Waals surface area contributed by atoms with E-state index in [1.807, 2.05) is 18.2 Å². The minimum Gasteiger partial charge on any atom is -0.482 e. The van der Waals surface area contributed by atoms with E-state index in [2.05, 4.69) is 48.7 Å². The van der Waals surface area contributed by atoms with Crippen molar-refractivity contribution in [2.75, 3.05) is 11.9 Å². The lowest BCUT2D eigenvalue weighted by Gasteiger charge is -2.17. The second kappa shape index (κ2) is 7.14. The van der Waals surface area contributed by atoms with Crippen molar-refractivity contribution in [3.63, 3.8) is 0 Å².